The first kappa shape index (κ1) is 18.8. The lowest BCUT2D eigenvalue weighted by atomic mass is 9.96. The van der Waals surface area contributed by atoms with Gasteiger partial charge in [0.1, 0.15) is 0 Å². The third kappa shape index (κ3) is 3.85. The molecule has 0 saturated carbocycles. The van der Waals surface area contributed by atoms with Crippen LogP contribution >= 0.6 is 11.3 Å². The van der Waals surface area contributed by atoms with Crippen LogP contribution in [0.25, 0.3) is 0 Å². The number of hydrogen-bond acceptors (Lipinski definition) is 5. The molecule has 1 atom stereocenters. The van der Waals surface area contributed by atoms with Crippen LogP contribution in [0.2, 0.25) is 0 Å². The molecule has 1 aromatic heterocycles. The van der Waals surface area contributed by atoms with Gasteiger partial charge in [-0.3, -0.25) is 9.59 Å². The van der Waals surface area contributed by atoms with Crippen molar-refractivity contribution in [3.63, 3.8) is 0 Å². The highest BCUT2D eigenvalue weighted by atomic mass is 32.1. The van der Waals surface area contributed by atoms with E-state index in [9.17, 15) is 9.59 Å². The molecule has 1 aromatic carbocycles. The summed E-state index contributed by atoms with van der Waals surface area (Å²) in [6.07, 6.45) is 1.68. The van der Waals surface area contributed by atoms with Gasteiger partial charge in [0.25, 0.3) is 5.91 Å². The lowest BCUT2D eigenvalue weighted by Gasteiger charge is -2.34. The zero-order valence-corrected chi connectivity index (χ0v) is 16.7. The SMILES string of the molecule is CCN(Cc1ccc2c(c1)OCO2)C(=O)C1CCCN(C(=O)c2cccs2)C1. The Kier molecular flexibility index (Phi) is 5.52. The number of thiophene rings is 1. The summed E-state index contributed by atoms with van der Waals surface area (Å²) >= 11 is 1.45. The first-order valence-corrected chi connectivity index (χ1v) is 10.5. The summed E-state index contributed by atoms with van der Waals surface area (Å²) in [7, 11) is 0. The highest BCUT2D eigenvalue weighted by Crippen LogP contribution is 2.33. The lowest BCUT2D eigenvalue weighted by molar-refractivity contribution is -0.137. The molecule has 7 heteroatoms. The van der Waals surface area contributed by atoms with Crippen molar-refractivity contribution >= 4 is 23.2 Å². The predicted octanol–water partition coefficient (Wildman–Crippen LogP) is 3.38. The van der Waals surface area contributed by atoms with Crippen molar-refractivity contribution in [1.82, 2.24) is 9.80 Å². The maximum absolute atomic E-state index is 13.2. The number of likely N-dealkylation sites (tertiary alicyclic amines) is 1. The standard InChI is InChI=1S/C21H24N2O4S/c1-2-22(12-15-7-8-17-18(11-15)27-14-26-17)20(24)16-5-3-9-23(13-16)21(25)19-6-4-10-28-19/h4,6-8,10-11,16H,2-3,5,9,12-14H2,1H3. The van der Waals surface area contributed by atoms with Crippen molar-refractivity contribution in [2.45, 2.75) is 26.3 Å². The number of rotatable bonds is 5. The van der Waals surface area contributed by atoms with Crippen molar-refractivity contribution in [2.24, 2.45) is 5.92 Å². The van der Waals surface area contributed by atoms with Crippen molar-refractivity contribution < 1.29 is 19.1 Å². The van der Waals surface area contributed by atoms with Crippen LogP contribution in [0.3, 0.4) is 0 Å². The Morgan fingerprint density at radius 1 is 1.25 bits per heavy atom. The fourth-order valence-corrected chi connectivity index (χ4v) is 4.47. The van der Waals surface area contributed by atoms with Gasteiger partial charge in [0.15, 0.2) is 11.5 Å². The maximum atomic E-state index is 13.2. The summed E-state index contributed by atoms with van der Waals surface area (Å²) in [4.78, 5) is 30.2. The molecule has 2 aliphatic heterocycles. The fraction of sp³-hybridized carbons (Fsp3) is 0.429. The molecular weight excluding hydrogens is 376 g/mol. The zero-order chi connectivity index (χ0) is 19.5. The normalized spacial score (nSPS) is 18.2. The molecule has 0 spiro atoms. The van der Waals surface area contributed by atoms with Gasteiger partial charge in [-0.15, -0.1) is 11.3 Å². The number of fused-ring (bicyclic) bond motifs is 1. The van der Waals surface area contributed by atoms with Gasteiger partial charge in [0.2, 0.25) is 12.7 Å². The molecule has 4 rings (SSSR count). The van der Waals surface area contributed by atoms with Gasteiger partial charge in [-0.05, 0) is 48.9 Å². The first-order chi connectivity index (χ1) is 13.7. The van der Waals surface area contributed by atoms with E-state index in [4.69, 9.17) is 9.47 Å². The highest BCUT2D eigenvalue weighted by molar-refractivity contribution is 7.12. The Labute approximate surface area is 168 Å². The van der Waals surface area contributed by atoms with Gasteiger partial charge in [-0.25, -0.2) is 0 Å². The molecule has 1 unspecified atom stereocenters. The van der Waals surface area contributed by atoms with Crippen LogP contribution in [0, 0.1) is 5.92 Å². The third-order valence-corrected chi connectivity index (χ3v) is 6.15. The third-order valence-electron chi connectivity index (χ3n) is 5.29. The molecule has 2 amide bonds. The molecule has 2 aromatic rings. The van der Waals surface area contributed by atoms with Crippen molar-refractivity contribution in [3.05, 3.63) is 46.2 Å². The van der Waals surface area contributed by atoms with Gasteiger partial charge < -0.3 is 19.3 Å². The average Bonchev–Trinajstić information content (AvgIpc) is 3.42. The second-order valence-electron chi connectivity index (χ2n) is 7.11. The quantitative estimate of drug-likeness (QED) is 0.772. The molecule has 0 N–H and O–H groups in total. The number of carbonyl (C=O) groups is 2. The zero-order valence-electron chi connectivity index (χ0n) is 15.9. The van der Waals surface area contributed by atoms with E-state index in [2.05, 4.69) is 0 Å². The maximum Gasteiger partial charge on any atom is 0.263 e. The highest BCUT2D eigenvalue weighted by Gasteiger charge is 2.31. The summed E-state index contributed by atoms with van der Waals surface area (Å²) in [5, 5.41) is 1.91. The Hall–Kier alpha value is -2.54. The molecular formula is C21H24N2O4S. The Morgan fingerprint density at radius 3 is 2.89 bits per heavy atom. The minimum Gasteiger partial charge on any atom is -0.454 e. The second kappa shape index (κ2) is 8.22. The number of nitrogens with zero attached hydrogens (tertiary/aromatic N) is 2. The molecule has 0 bridgehead atoms. The molecule has 2 aliphatic rings. The predicted molar refractivity (Wildman–Crippen MR) is 107 cm³/mol. The average molecular weight is 401 g/mol. The topological polar surface area (TPSA) is 59.1 Å². The smallest absolute Gasteiger partial charge is 0.263 e. The van der Waals surface area contributed by atoms with Crippen molar-refractivity contribution in [2.75, 3.05) is 26.4 Å². The number of ether oxygens (including phenoxy) is 2. The van der Waals surface area contributed by atoms with Crippen molar-refractivity contribution in [1.29, 1.82) is 0 Å². The Balaban J connectivity index is 1.42. The number of hydrogen-bond donors (Lipinski definition) is 0. The van der Waals surface area contributed by atoms with Crippen LogP contribution in [-0.2, 0) is 11.3 Å². The van der Waals surface area contributed by atoms with Crippen LogP contribution in [-0.4, -0.2) is 48.0 Å². The van der Waals surface area contributed by atoms with Crippen molar-refractivity contribution in [3.8, 4) is 11.5 Å². The van der Waals surface area contributed by atoms with Crippen LogP contribution in [0.4, 0.5) is 0 Å². The number of piperidine rings is 1. The number of carbonyl (C=O) groups excluding carboxylic acids is 2. The largest absolute Gasteiger partial charge is 0.454 e. The Bertz CT molecular complexity index is 852. The second-order valence-corrected chi connectivity index (χ2v) is 8.06. The van der Waals surface area contributed by atoms with Crippen LogP contribution in [0.5, 0.6) is 11.5 Å². The van der Waals surface area contributed by atoms with E-state index in [1.807, 2.05) is 52.4 Å². The molecule has 1 saturated heterocycles. The van der Waals surface area contributed by atoms with Gasteiger partial charge in [0.05, 0.1) is 10.8 Å². The molecule has 3 heterocycles. The van der Waals surface area contributed by atoms with Gasteiger partial charge >= 0.3 is 0 Å². The number of benzene rings is 1. The summed E-state index contributed by atoms with van der Waals surface area (Å²) in [5.41, 5.74) is 1.02. The van der Waals surface area contributed by atoms with E-state index >= 15 is 0 Å². The van der Waals surface area contributed by atoms with Gasteiger partial charge in [0, 0.05) is 26.2 Å². The van der Waals surface area contributed by atoms with E-state index in [1.165, 1.54) is 11.3 Å². The first-order valence-electron chi connectivity index (χ1n) is 9.66. The van der Waals surface area contributed by atoms with E-state index in [-0.39, 0.29) is 24.5 Å². The summed E-state index contributed by atoms with van der Waals surface area (Å²) in [6.45, 7) is 4.60. The minimum absolute atomic E-state index is 0.0336. The van der Waals surface area contributed by atoms with Crippen LogP contribution in [0.15, 0.2) is 35.7 Å². The molecule has 28 heavy (non-hydrogen) atoms. The van der Waals surface area contributed by atoms with E-state index in [0.717, 1.165) is 41.3 Å². The fourth-order valence-electron chi connectivity index (χ4n) is 3.78. The Morgan fingerprint density at radius 2 is 2.11 bits per heavy atom. The molecule has 0 radical (unpaired) electrons. The van der Waals surface area contributed by atoms with Gasteiger partial charge in [-0.2, -0.15) is 0 Å². The number of amides is 2. The van der Waals surface area contributed by atoms with Crippen LogP contribution in [0.1, 0.15) is 35.0 Å². The monoisotopic (exact) mass is 400 g/mol. The summed E-state index contributed by atoms with van der Waals surface area (Å²) in [5.74, 6) is 1.47. The lowest BCUT2D eigenvalue weighted by Crippen LogP contribution is -2.46. The molecule has 0 aliphatic carbocycles. The van der Waals surface area contributed by atoms with E-state index in [0.29, 0.717) is 19.6 Å². The van der Waals surface area contributed by atoms with Crippen LogP contribution < -0.4 is 9.47 Å². The minimum atomic E-state index is -0.147. The molecule has 148 valence electrons. The summed E-state index contributed by atoms with van der Waals surface area (Å²) < 4.78 is 10.8. The van der Waals surface area contributed by atoms with Gasteiger partial charge in [-0.1, -0.05) is 12.1 Å². The van der Waals surface area contributed by atoms with E-state index in [1.54, 1.807) is 0 Å². The van der Waals surface area contributed by atoms with E-state index < -0.39 is 0 Å². The summed E-state index contributed by atoms with van der Waals surface area (Å²) in [6, 6.07) is 9.52. The molecule has 6 nitrogen and oxygen atoms in total. The molecule has 1 fully saturated rings.